The third kappa shape index (κ3) is 2.18. The number of hydrogen-bond acceptors (Lipinski definition) is 3. The molecule has 4 rings (SSSR count). The van der Waals surface area contributed by atoms with Crippen LogP contribution in [0.25, 0.3) is 33.5 Å². The van der Waals surface area contributed by atoms with E-state index in [9.17, 15) is 4.79 Å². The Kier molecular flexibility index (Phi) is 2.83. The number of aromatic nitrogens is 4. The molecule has 0 aliphatic carbocycles. The van der Waals surface area contributed by atoms with E-state index >= 15 is 0 Å². The van der Waals surface area contributed by atoms with Gasteiger partial charge in [-0.05, 0) is 23.8 Å². The summed E-state index contributed by atoms with van der Waals surface area (Å²) in [4.78, 5) is 19.4. The molecule has 0 amide bonds. The summed E-state index contributed by atoms with van der Waals surface area (Å²) in [6.07, 6.45) is 1.67. The normalized spacial score (nSPS) is 10.9. The molecule has 1 aromatic carbocycles. The number of fused-ring (bicyclic) bond motifs is 1. The second-order valence-electron chi connectivity index (χ2n) is 5.01. The topological polar surface area (TPSA) is 74.4 Å². The van der Waals surface area contributed by atoms with Crippen LogP contribution in [0.5, 0.6) is 0 Å². The summed E-state index contributed by atoms with van der Waals surface area (Å²) < 4.78 is 0. The predicted octanol–water partition coefficient (Wildman–Crippen LogP) is 2.98. The summed E-state index contributed by atoms with van der Waals surface area (Å²) in [5.74, 6) is 0. The standard InChI is InChI=1S/C17H12N4O/c22-17-9-12(8-15(20-17)11-4-2-1-3-5-11)13-6-7-14-16(19-13)10-18-21-14/h1-10H,(H,18,21)(H,20,22). The van der Waals surface area contributed by atoms with Crippen LogP contribution in [0.2, 0.25) is 0 Å². The molecule has 0 bridgehead atoms. The van der Waals surface area contributed by atoms with E-state index in [4.69, 9.17) is 0 Å². The van der Waals surface area contributed by atoms with E-state index in [0.717, 1.165) is 33.5 Å². The van der Waals surface area contributed by atoms with Crippen molar-refractivity contribution in [2.75, 3.05) is 0 Å². The van der Waals surface area contributed by atoms with Crippen LogP contribution in [0.4, 0.5) is 0 Å². The first-order valence-corrected chi connectivity index (χ1v) is 6.90. The second-order valence-corrected chi connectivity index (χ2v) is 5.01. The van der Waals surface area contributed by atoms with Gasteiger partial charge in [0.1, 0.15) is 5.52 Å². The van der Waals surface area contributed by atoms with Gasteiger partial charge in [0.2, 0.25) is 5.56 Å². The lowest BCUT2D eigenvalue weighted by Crippen LogP contribution is -2.06. The number of hydrogen-bond donors (Lipinski definition) is 2. The van der Waals surface area contributed by atoms with Crippen molar-refractivity contribution in [3.05, 3.63) is 71.1 Å². The molecule has 3 heterocycles. The molecule has 0 fully saturated rings. The maximum absolute atomic E-state index is 12.0. The summed E-state index contributed by atoms with van der Waals surface area (Å²) >= 11 is 0. The van der Waals surface area contributed by atoms with Gasteiger partial charge >= 0.3 is 0 Å². The Balaban J connectivity index is 1.88. The predicted molar refractivity (Wildman–Crippen MR) is 85.4 cm³/mol. The van der Waals surface area contributed by atoms with E-state index in [0.29, 0.717) is 0 Å². The molecular formula is C17H12N4O. The van der Waals surface area contributed by atoms with Gasteiger partial charge in [-0.15, -0.1) is 0 Å². The van der Waals surface area contributed by atoms with Crippen LogP contribution in [0.1, 0.15) is 0 Å². The fourth-order valence-electron chi connectivity index (χ4n) is 2.46. The number of pyridine rings is 2. The molecule has 0 aliphatic rings. The van der Waals surface area contributed by atoms with Crippen LogP contribution in [0.3, 0.4) is 0 Å². The Morgan fingerprint density at radius 3 is 2.64 bits per heavy atom. The van der Waals surface area contributed by atoms with Crippen LogP contribution in [-0.4, -0.2) is 20.2 Å². The highest BCUT2D eigenvalue weighted by atomic mass is 16.1. The monoisotopic (exact) mass is 288 g/mol. The molecule has 2 N–H and O–H groups in total. The first-order valence-electron chi connectivity index (χ1n) is 6.90. The SMILES string of the molecule is O=c1cc(-c2ccc3[nH]ncc3n2)cc(-c2ccccc2)[nH]1. The van der Waals surface area contributed by atoms with Crippen LogP contribution >= 0.6 is 0 Å². The lowest BCUT2D eigenvalue weighted by atomic mass is 10.1. The third-order valence-electron chi connectivity index (χ3n) is 3.52. The zero-order valence-electron chi connectivity index (χ0n) is 11.6. The van der Waals surface area contributed by atoms with Gasteiger partial charge in [-0.25, -0.2) is 4.98 Å². The van der Waals surface area contributed by atoms with Crippen LogP contribution in [-0.2, 0) is 0 Å². The third-order valence-corrected chi connectivity index (χ3v) is 3.52. The second kappa shape index (κ2) is 4.96. The molecule has 0 aliphatic heterocycles. The number of rotatable bonds is 2. The molecule has 4 aromatic rings. The zero-order chi connectivity index (χ0) is 14.9. The van der Waals surface area contributed by atoms with Gasteiger partial charge < -0.3 is 4.98 Å². The highest BCUT2D eigenvalue weighted by Crippen LogP contribution is 2.23. The molecule has 5 heteroatoms. The van der Waals surface area contributed by atoms with Gasteiger partial charge in [0.05, 0.1) is 17.4 Å². The van der Waals surface area contributed by atoms with E-state index in [1.54, 1.807) is 12.3 Å². The van der Waals surface area contributed by atoms with E-state index in [1.165, 1.54) is 0 Å². The van der Waals surface area contributed by atoms with Crippen LogP contribution in [0, 0.1) is 0 Å². The lowest BCUT2D eigenvalue weighted by molar-refractivity contribution is 1.12. The Morgan fingerprint density at radius 2 is 1.77 bits per heavy atom. The van der Waals surface area contributed by atoms with Crippen molar-refractivity contribution in [3.63, 3.8) is 0 Å². The quantitative estimate of drug-likeness (QED) is 0.595. The van der Waals surface area contributed by atoms with E-state index in [1.807, 2.05) is 48.5 Å². The van der Waals surface area contributed by atoms with Crippen molar-refractivity contribution in [3.8, 4) is 22.5 Å². The maximum Gasteiger partial charge on any atom is 0.249 e. The van der Waals surface area contributed by atoms with E-state index in [-0.39, 0.29) is 5.56 Å². The van der Waals surface area contributed by atoms with Crippen molar-refractivity contribution < 1.29 is 0 Å². The first kappa shape index (κ1) is 12.5. The van der Waals surface area contributed by atoms with Gasteiger partial charge in [0, 0.05) is 17.3 Å². The van der Waals surface area contributed by atoms with Crippen molar-refractivity contribution in [2.45, 2.75) is 0 Å². The summed E-state index contributed by atoms with van der Waals surface area (Å²) in [6, 6.07) is 17.0. The molecule has 0 saturated heterocycles. The minimum absolute atomic E-state index is 0.148. The van der Waals surface area contributed by atoms with Gasteiger partial charge in [-0.1, -0.05) is 30.3 Å². The maximum atomic E-state index is 12.0. The fourth-order valence-corrected chi connectivity index (χ4v) is 2.46. The molecule has 22 heavy (non-hydrogen) atoms. The Morgan fingerprint density at radius 1 is 0.909 bits per heavy atom. The van der Waals surface area contributed by atoms with Crippen molar-refractivity contribution >= 4 is 11.0 Å². The van der Waals surface area contributed by atoms with Gasteiger partial charge in [0.15, 0.2) is 0 Å². The summed E-state index contributed by atoms with van der Waals surface area (Å²) in [5, 5.41) is 6.83. The Bertz CT molecular complexity index is 1000. The van der Waals surface area contributed by atoms with Gasteiger partial charge in [0.25, 0.3) is 0 Å². The first-order chi connectivity index (χ1) is 10.8. The van der Waals surface area contributed by atoms with E-state index in [2.05, 4.69) is 20.2 Å². The number of aromatic amines is 2. The molecule has 0 atom stereocenters. The highest BCUT2D eigenvalue weighted by Gasteiger charge is 2.07. The summed E-state index contributed by atoms with van der Waals surface area (Å²) in [7, 11) is 0. The highest BCUT2D eigenvalue weighted by molar-refractivity contribution is 5.78. The van der Waals surface area contributed by atoms with Crippen LogP contribution in [0.15, 0.2) is 65.6 Å². The largest absolute Gasteiger partial charge is 0.322 e. The Labute approximate surface area is 125 Å². The van der Waals surface area contributed by atoms with Gasteiger partial charge in [-0.2, -0.15) is 5.10 Å². The smallest absolute Gasteiger partial charge is 0.249 e. The number of nitrogens with one attached hydrogen (secondary N) is 2. The van der Waals surface area contributed by atoms with Crippen molar-refractivity contribution in [1.82, 2.24) is 20.2 Å². The van der Waals surface area contributed by atoms with Crippen molar-refractivity contribution in [1.29, 1.82) is 0 Å². The van der Waals surface area contributed by atoms with Crippen LogP contribution < -0.4 is 5.56 Å². The summed E-state index contributed by atoms with van der Waals surface area (Å²) in [6.45, 7) is 0. The molecule has 0 spiro atoms. The lowest BCUT2D eigenvalue weighted by Gasteiger charge is -2.05. The molecule has 0 radical (unpaired) electrons. The van der Waals surface area contributed by atoms with E-state index < -0.39 is 0 Å². The average Bonchev–Trinajstić information content (AvgIpc) is 3.02. The molecule has 5 nitrogen and oxygen atoms in total. The summed E-state index contributed by atoms with van der Waals surface area (Å²) in [5.41, 5.74) is 4.77. The number of nitrogens with zero attached hydrogens (tertiary/aromatic N) is 2. The average molecular weight is 288 g/mol. The minimum Gasteiger partial charge on any atom is -0.322 e. The number of H-pyrrole nitrogens is 2. The zero-order valence-corrected chi connectivity index (χ0v) is 11.6. The minimum atomic E-state index is -0.148. The fraction of sp³-hybridized carbons (Fsp3) is 0. The van der Waals surface area contributed by atoms with Gasteiger partial charge in [-0.3, -0.25) is 9.89 Å². The molecule has 0 unspecified atom stereocenters. The molecule has 106 valence electrons. The molecule has 3 aromatic heterocycles. The molecular weight excluding hydrogens is 276 g/mol. The number of benzene rings is 1. The molecule has 0 saturated carbocycles. The Hall–Kier alpha value is -3.21. The van der Waals surface area contributed by atoms with Crippen molar-refractivity contribution in [2.24, 2.45) is 0 Å².